The van der Waals surface area contributed by atoms with Gasteiger partial charge in [-0.1, -0.05) is 39.7 Å². The summed E-state index contributed by atoms with van der Waals surface area (Å²) in [6, 6.07) is 9.71. The Balaban J connectivity index is 2.31. The number of hydrogen-bond acceptors (Lipinski definition) is 2. The fourth-order valence-corrected chi connectivity index (χ4v) is 2.72. The van der Waals surface area contributed by atoms with Crippen LogP contribution in [-0.4, -0.2) is 4.99 Å². The van der Waals surface area contributed by atoms with E-state index in [9.17, 15) is 0 Å². The SMILES string of the molecule is Cc1cc(Nc2ccc(C(N)=S)c(Cl)c2)cc(C)c1Br. The van der Waals surface area contributed by atoms with Crippen LogP contribution >= 0.6 is 39.7 Å². The molecule has 2 aromatic rings. The quantitative estimate of drug-likeness (QED) is 0.739. The number of nitrogens with one attached hydrogen (secondary N) is 1. The first-order chi connectivity index (χ1) is 9.38. The van der Waals surface area contributed by atoms with Gasteiger partial charge in [0.2, 0.25) is 0 Å². The topological polar surface area (TPSA) is 38.0 Å². The van der Waals surface area contributed by atoms with Gasteiger partial charge < -0.3 is 11.1 Å². The molecule has 0 aliphatic heterocycles. The lowest BCUT2D eigenvalue weighted by atomic mass is 10.1. The van der Waals surface area contributed by atoms with Gasteiger partial charge in [0, 0.05) is 21.4 Å². The lowest BCUT2D eigenvalue weighted by Crippen LogP contribution is -2.09. The summed E-state index contributed by atoms with van der Waals surface area (Å²) in [4.78, 5) is 0.303. The standard InChI is InChI=1S/C15H14BrClN2S/c1-8-5-11(6-9(2)14(8)16)19-10-3-4-12(15(18)20)13(17)7-10/h3-7,19H,1-2H3,(H2,18,20). The first kappa shape index (κ1) is 15.3. The molecule has 0 amide bonds. The van der Waals surface area contributed by atoms with Crippen molar-refractivity contribution in [1.82, 2.24) is 0 Å². The third-order valence-corrected chi connectivity index (χ3v) is 4.74. The molecule has 0 unspecified atom stereocenters. The molecule has 3 N–H and O–H groups in total. The molecule has 0 fully saturated rings. The zero-order chi connectivity index (χ0) is 14.9. The predicted octanol–water partition coefficient (Wildman–Crippen LogP) is 5.10. The van der Waals surface area contributed by atoms with E-state index in [0.717, 1.165) is 15.8 Å². The lowest BCUT2D eigenvalue weighted by Gasteiger charge is -2.12. The maximum Gasteiger partial charge on any atom is 0.105 e. The smallest absolute Gasteiger partial charge is 0.105 e. The first-order valence-corrected chi connectivity index (χ1v) is 7.59. The lowest BCUT2D eigenvalue weighted by molar-refractivity contribution is 1.33. The van der Waals surface area contributed by atoms with Crippen LogP contribution in [0.3, 0.4) is 0 Å². The molecule has 0 bridgehead atoms. The molecule has 5 heteroatoms. The van der Waals surface area contributed by atoms with Crippen molar-refractivity contribution in [3.8, 4) is 0 Å². The number of aryl methyl sites for hydroxylation is 2. The van der Waals surface area contributed by atoms with Crippen LogP contribution in [0.15, 0.2) is 34.8 Å². The molecule has 2 aromatic carbocycles. The summed E-state index contributed by atoms with van der Waals surface area (Å²) >= 11 is 14.7. The summed E-state index contributed by atoms with van der Waals surface area (Å²) in [6.07, 6.45) is 0. The second-order valence-electron chi connectivity index (χ2n) is 4.61. The van der Waals surface area contributed by atoms with Gasteiger partial charge in [-0.15, -0.1) is 0 Å². The van der Waals surface area contributed by atoms with Gasteiger partial charge in [-0.2, -0.15) is 0 Å². The maximum absolute atomic E-state index is 6.16. The molecule has 20 heavy (non-hydrogen) atoms. The summed E-state index contributed by atoms with van der Waals surface area (Å²) in [5, 5.41) is 3.88. The molecule has 104 valence electrons. The number of anilines is 2. The Labute approximate surface area is 137 Å². The zero-order valence-corrected chi connectivity index (χ0v) is 14.3. The van der Waals surface area contributed by atoms with E-state index in [4.69, 9.17) is 29.6 Å². The molecule has 0 aliphatic rings. The van der Waals surface area contributed by atoms with E-state index in [1.165, 1.54) is 11.1 Å². The van der Waals surface area contributed by atoms with E-state index in [0.29, 0.717) is 15.6 Å². The number of thiocarbonyl (C=S) groups is 1. The minimum Gasteiger partial charge on any atom is -0.389 e. The molecule has 2 nitrogen and oxygen atoms in total. The molecular weight excluding hydrogens is 356 g/mol. The highest BCUT2D eigenvalue weighted by atomic mass is 79.9. The van der Waals surface area contributed by atoms with Crippen LogP contribution in [-0.2, 0) is 0 Å². The summed E-state index contributed by atoms with van der Waals surface area (Å²) < 4.78 is 1.13. The largest absolute Gasteiger partial charge is 0.389 e. The van der Waals surface area contributed by atoms with Crippen molar-refractivity contribution in [2.75, 3.05) is 5.32 Å². The zero-order valence-electron chi connectivity index (χ0n) is 11.1. The van der Waals surface area contributed by atoms with Crippen LogP contribution < -0.4 is 11.1 Å². The third-order valence-electron chi connectivity index (χ3n) is 2.96. The Bertz CT molecular complexity index is 663. The van der Waals surface area contributed by atoms with Crippen molar-refractivity contribution in [3.05, 3.63) is 56.5 Å². The average molecular weight is 370 g/mol. The van der Waals surface area contributed by atoms with Gasteiger partial charge >= 0.3 is 0 Å². The number of nitrogens with two attached hydrogens (primary N) is 1. The first-order valence-electron chi connectivity index (χ1n) is 6.01. The molecule has 2 rings (SSSR count). The molecule has 0 saturated heterocycles. The van der Waals surface area contributed by atoms with Crippen molar-refractivity contribution in [1.29, 1.82) is 0 Å². The van der Waals surface area contributed by atoms with Gasteiger partial charge in [0.15, 0.2) is 0 Å². The van der Waals surface area contributed by atoms with Crippen molar-refractivity contribution in [3.63, 3.8) is 0 Å². The molecule has 0 heterocycles. The summed E-state index contributed by atoms with van der Waals surface area (Å²) in [5.74, 6) is 0. The summed E-state index contributed by atoms with van der Waals surface area (Å²) in [7, 11) is 0. The molecule has 0 saturated carbocycles. The monoisotopic (exact) mass is 368 g/mol. The van der Waals surface area contributed by atoms with Crippen molar-refractivity contribution < 1.29 is 0 Å². The fraction of sp³-hybridized carbons (Fsp3) is 0.133. The summed E-state index contributed by atoms with van der Waals surface area (Å²) in [5.41, 5.74) is 10.6. The Morgan fingerprint density at radius 3 is 2.25 bits per heavy atom. The summed E-state index contributed by atoms with van der Waals surface area (Å²) in [6.45, 7) is 4.12. The van der Waals surface area contributed by atoms with Gasteiger partial charge in [0.1, 0.15) is 4.99 Å². The molecule has 0 spiro atoms. The second-order valence-corrected chi connectivity index (χ2v) is 6.25. The van der Waals surface area contributed by atoms with E-state index >= 15 is 0 Å². The molecule has 0 radical (unpaired) electrons. The van der Waals surface area contributed by atoms with Crippen LogP contribution in [0, 0.1) is 13.8 Å². The van der Waals surface area contributed by atoms with E-state index in [2.05, 4.69) is 47.2 Å². The van der Waals surface area contributed by atoms with Crippen molar-refractivity contribution in [2.24, 2.45) is 5.73 Å². The number of benzene rings is 2. The fourth-order valence-electron chi connectivity index (χ4n) is 1.98. The minimum atomic E-state index is 0.303. The average Bonchev–Trinajstić information content (AvgIpc) is 2.35. The van der Waals surface area contributed by atoms with Gasteiger partial charge in [0.25, 0.3) is 0 Å². The van der Waals surface area contributed by atoms with Crippen molar-refractivity contribution >= 4 is 56.1 Å². The number of rotatable bonds is 3. The predicted molar refractivity (Wildman–Crippen MR) is 94.2 cm³/mol. The third kappa shape index (κ3) is 3.32. The van der Waals surface area contributed by atoms with E-state index in [1.54, 1.807) is 0 Å². The van der Waals surface area contributed by atoms with Crippen LogP contribution in [0.5, 0.6) is 0 Å². The Hall–Kier alpha value is -1.10. The highest BCUT2D eigenvalue weighted by Gasteiger charge is 2.06. The van der Waals surface area contributed by atoms with Crippen molar-refractivity contribution in [2.45, 2.75) is 13.8 Å². The van der Waals surface area contributed by atoms with Gasteiger partial charge in [-0.05, 0) is 55.3 Å². The van der Waals surface area contributed by atoms with E-state index in [1.807, 2.05) is 18.2 Å². The van der Waals surface area contributed by atoms with Gasteiger partial charge in [-0.25, -0.2) is 0 Å². The molecule has 0 atom stereocenters. The molecule has 0 aromatic heterocycles. The van der Waals surface area contributed by atoms with E-state index in [-0.39, 0.29) is 0 Å². The number of hydrogen-bond donors (Lipinski definition) is 2. The van der Waals surface area contributed by atoms with Gasteiger partial charge in [0.05, 0.1) is 5.02 Å². The normalized spacial score (nSPS) is 10.4. The van der Waals surface area contributed by atoms with Gasteiger partial charge in [-0.3, -0.25) is 0 Å². The Morgan fingerprint density at radius 1 is 1.15 bits per heavy atom. The van der Waals surface area contributed by atoms with Crippen LogP contribution in [0.25, 0.3) is 0 Å². The minimum absolute atomic E-state index is 0.303. The highest BCUT2D eigenvalue weighted by Crippen LogP contribution is 2.28. The van der Waals surface area contributed by atoms with E-state index < -0.39 is 0 Å². The second kappa shape index (κ2) is 6.12. The molecule has 0 aliphatic carbocycles. The van der Waals surface area contributed by atoms with Crippen LogP contribution in [0.2, 0.25) is 5.02 Å². The molecular formula is C15H14BrClN2S. The van der Waals surface area contributed by atoms with Crippen LogP contribution in [0.1, 0.15) is 16.7 Å². The number of halogens is 2. The Morgan fingerprint density at radius 2 is 1.75 bits per heavy atom. The highest BCUT2D eigenvalue weighted by molar-refractivity contribution is 9.10. The van der Waals surface area contributed by atoms with Crippen LogP contribution in [0.4, 0.5) is 11.4 Å². The Kier molecular flexibility index (Phi) is 4.68. The maximum atomic E-state index is 6.16.